The van der Waals surface area contributed by atoms with Crippen LogP contribution in [0.4, 0.5) is 0 Å². The number of fused-ring (bicyclic) bond motifs is 2. The molecule has 42 heavy (non-hydrogen) atoms. The molecular formula is C32H27ClN2O7. The zero-order valence-corrected chi connectivity index (χ0v) is 23.9. The Labute approximate surface area is 246 Å². The predicted molar refractivity (Wildman–Crippen MR) is 157 cm³/mol. The van der Waals surface area contributed by atoms with Gasteiger partial charge < -0.3 is 28.1 Å². The molecule has 0 saturated carbocycles. The molecule has 1 unspecified atom stereocenters. The third-order valence-corrected chi connectivity index (χ3v) is 7.81. The van der Waals surface area contributed by atoms with Crippen LogP contribution in [-0.4, -0.2) is 43.3 Å². The molecule has 2 aromatic heterocycles. The van der Waals surface area contributed by atoms with Crippen LogP contribution in [0.5, 0.6) is 17.2 Å². The maximum atomic E-state index is 14.4. The van der Waals surface area contributed by atoms with Crippen molar-refractivity contribution in [1.82, 2.24) is 10.1 Å². The zero-order chi connectivity index (χ0) is 29.4. The van der Waals surface area contributed by atoms with Crippen LogP contribution in [-0.2, 0) is 6.42 Å². The molecule has 0 N–H and O–H groups in total. The Bertz CT molecular complexity index is 1860. The number of amides is 1. The highest BCUT2D eigenvalue weighted by molar-refractivity contribution is 6.33. The van der Waals surface area contributed by atoms with Crippen molar-refractivity contribution >= 4 is 28.5 Å². The van der Waals surface area contributed by atoms with E-state index < -0.39 is 11.7 Å². The Kier molecular flexibility index (Phi) is 7.34. The molecular weight excluding hydrogens is 560 g/mol. The standard InChI is InChI=1S/C32H27ClN2O7/c1-18-30(31(34-42-18)20-8-4-6-10-23(20)33)32(37)35-13-12-19-14-27(38-2)28(39-3)15-22(19)24(35)17-40-26-16-29(36)41-25-11-7-5-9-21(25)26/h4-11,14-16,24H,12-13,17H2,1-3H3. The molecule has 0 fully saturated rings. The van der Waals surface area contributed by atoms with E-state index >= 15 is 0 Å². The summed E-state index contributed by atoms with van der Waals surface area (Å²) in [5, 5.41) is 5.30. The number of hydrogen-bond acceptors (Lipinski definition) is 8. The average Bonchev–Trinajstić information content (AvgIpc) is 3.39. The fourth-order valence-electron chi connectivity index (χ4n) is 5.43. The van der Waals surface area contributed by atoms with Gasteiger partial charge in [0.05, 0.1) is 36.7 Å². The summed E-state index contributed by atoms with van der Waals surface area (Å²) < 4.78 is 28.3. The lowest BCUT2D eigenvalue weighted by atomic mass is 9.91. The van der Waals surface area contributed by atoms with Crippen LogP contribution in [0, 0.1) is 6.92 Å². The highest BCUT2D eigenvalue weighted by Gasteiger charge is 2.36. The van der Waals surface area contributed by atoms with Crippen LogP contribution in [0.25, 0.3) is 22.2 Å². The Morgan fingerprint density at radius 1 is 1.02 bits per heavy atom. The summed E-state index contributed by atoms with van der Waals surface area (Å²) in [4.78, 5) is 28.4. The summed E-state index contributed by atoms with van der Waals surface area (Å²) in [6, 6.07) is 18.9. The van der Waals surface area contributed by atoms with Crippen molar-refractivity contribution in [3.8, 4) is 28.5 Å². The lowest BCUT2D eigenvalue weighted by molar-refractivity contribution is 0.0589. The van der Waals surface area contributed by atoms with Crippen molar-refractivity contribution < 1.29 is 27.9 Å². The number of benzene rings is 3. The Hall–Kier alpha value is -4.76. The number of hydrogen-bond donors (Lipinski definition) is 0. The summed E-state index contributed by atoms with van der Waals surface area (Å²) in [5.41, 5.74) is 3.00. The highest BCUT2D eigenvalue weighted by atomic mass is 35.5. The quantitative estimate of drug-likeness (QED) is 0.206. The first kappa shape index (κ1) is 27.4. The second-order valence-electron chi connectivity index (χ2n) is 9.85. The van der Waals surface area contributed by atoms with E-state index in [1.807, 2.05) is 36.4 Å². The van der Waals surface area contributed by atoms with Gasteiger partial charge in [-0.3, -0.25) is 4.79 Å². The SMILES string of the molecule is COc1cc2c(cc1OC)C(COc1cc(=O)oc3ccccc13)N(C(=O)c1c(-c3ccccc3Cl)noc1C)CC2. The summed E-state index contributed by atoms with van der Waals surface area (Å²) in [5.74, 6) is 1.58. The zero-order valence-electron chi connectivity index (χ0n) is 23.2. The van der Waals surface area contributed by atoms with E-state index in [4.69, 9.17) is 34.8 Å². The van der Waals surface area contributed by atoms with Crippen LogP contribution in [0.2, 0.25) is 5.02 Å². The molecule has 6 rings (SSSR count). The largest absolute Gasteiger partial charge is 0.493 e. The molecule has 10 heteroatoms. The molecule has 3 aromatic carbocycles. The van der Waals surface area contributed by atoms with Gasteiger partial charge >= 0.3 is 5.63 Å². The van der Waals surface area contributed by atoms with Crippen molar-refractivity contribution in [2.75, 3.05) is 27.4 Å². The molecule has 3 heterocycles. The van der Waals surface area contributed by atoms with E-state index in [0.717, 1.165) is 11.1 Å². The van der Waals surface area contributed by atoms with E-state index in [2.05, 4.69) is 5.16 Å². The van der Waals surface area contributed by atoms with E-state index in [1.165, 1.54) is 6.07 Å². The third-order valence-electron chi connectivity index (χ3n) is 7.48. The summed E-state index contributed by atoms with van der Waals surface area (Å²) in [6.45, 7) is 2.14. The number of methoxy groups -OCH3 is 2. The number of carbonyl (C=O) groups excluding carboxylic acids is 1. The van der Waals surface area contributed by atoms with Gasteiger partial charge in [-0.15, -0.1) is 0 Å². The van der Waals surface area contributed by atoms with Crippen LogP contribution < -0.4 is 19.8 Å². The van der Waals surface area contributed by atoms with Crippen molar-refractivity contribution in [2.24, 2.45) is 0 Å². The molecule has 1 amide bonds. The predicted octanol–water partition coefficient (Wildman–Crippen LogP) is 6.25. The normalized spacial score (nSPS) is 14.5. The van der Waals surface area contributed by atoms with E-state index in [0.29, 0.717) is 68.8 Å². The maximum absolute atomic E-state index is 14.4. The number of aromatic nitrogens is 1. The Balaban J connectivity index is 1.44. The van der Waals surface area contributed by atoms with Crippen molar-refractivity contribution in [3.63, 3.8) is 0 Å². The van der Waals surface area contributed by atoms with Gasteiger partial charge in [-0.25, -0.2) is 4.79 Å². The molecule has 0 aliphatic carbocycles. The van der Waals surface area contributed by atoms with Gasteiger partial charge in [0.15, 0.2) is 11.5 Å². The fourth-order valence-corrected chi connectivity index (χ4v) is 5.65. The lowest BCUT2D eigenvalue weighted by Crippen LogP contribution is -2.43. The first-order chi connectivity index (χ1) is 20.4. The van der Waals surface area contributed by atoms with Gasteiger partial charge in [0.25, 0.3) is 5.91 Å². The van der Waals surface area contributed by atoms with Crippen molar-refractivity contribution in [2.45, 2.75) is 19.4 Å². The first-order valence-electron chi connectivity index (χ1n) is 13.3. The maximum Gasteiger partial charge on any atom is 0.339 e. The number of aryl methyl sites for hydroxylation is 1. The molecule has 0 spiro atoms. The summed E-state index contributed by atoms with van der Waals surface area (Å²) in [6.07, 6.45) is 0.571. The average molecular weight is 587 g/mol. The van der Waals surface area contributed by atoms with E-state index in [-0.39, 0.29) is 12.5 Å². The van der Waals surface area contributed by atoms with Crippen molar-refractivity contribution in [3.05, 3.63) is 105 Å². The van der Waals surface area contributed by atoms with Gasteiger partial charge in [-0.2, -0.15) is 0 Å². The molecule has 0 radical (unpaired) electrons. The van der Waals surface area contributed by atoms with Crippen molar-refractivity contribution in [1.29, 1.82) is 0 Å². The second-order valence-corrected chi connectivity index (χ2v) is 10.3. The third kappa shape index (κ3) is 4.86. The molecule has 5 aromatic rings. The van der Waals surface area contributed by atoms with Gasteiger partial charge in [-0.05, 0) is 54.8 Å². The number of rotatable bonds is 7. The molecule has 214 valence electrons. The smallest absolute Gasteiger partial charge is 0.339 e. The molecule has 0 bridgehead atoms. The molecule has 1 aliphatic rings. The monoisotopic (exact) mass is 586 g/mol. The number of nitrogens with zero attached hydrogens (tertiary/aromatic N) is 2. The van der Waals surface area contributed by atoms with Crippen LogP contribution in [0.3, 0.4) is 0 Å². The molecule has 0 saturated heterocycles. The molecule has 9 nitrogen and oxygen atoms in total. The molecule has 1 atom stereocenters. The number of carbonyl (C=O) groups is 1. The van der Waals surface area contributed by atoms with Gasteiger partial charge in [0, 0.05) is 12.1 Å². The Morgan fingerprint density at radius 3 is 2.55 bits per heavy atom. The minimum absolute atomic E-state index is 0.0490. The van der Waals surface area contributed by atoms with Gasteiger partial charge in [0.1, 0.15) is 35.0 Å². The summed E-state index contributed by atoms with van der Waals surface area (Å²) in [7, 11) is 3.15. The van der Waals surface area contributed by atoms with Gasteiger partial charge in [-0.1, -0.05) is 47.1 Å². The van der Waals surface area contributed by atoms with Crippen LogP contribution >= 0.6 is 11.6 Å². The number of halogens is 1. The lowest BCUT2D eigenvalue weighted by Gasteiger charge is -2.37. The second kappa shape index (κ2) is 11.3. The fraction of sp³-hybridized carbons (Fsp3) is 0.219. The van der Waals surface area contributed by atoms with Gasteiger partial charge in [0.2, 0.25) is 0 Å². The first-order valence-corrected chi connectivity index (χ1v) is 13.7. The summed E-state index contributed by atoms with van der Waals surface area (Å²) >= 11 is 6.48. The highest BCUT2D eigenvalue weighted by Crippen LogP contribution is 2.40. The topological polar surface area (TPSA) is 104 Å². The van der Waals surface area contributed by atoms with E-state index in [1.54, 1.807) is 50.3 Å². The minimum atomic E-state index is -0.555. The number of ether oxygens (including phenoxy) is 3. The van der Waals surface area contributed by atoms with E-state index in [9.17, 15) is 9.59 Å². The number of para-hydroxylation sites is 1. The van der Waals surface area contributed by atoms with Crippen LogP contribution in [0.15, 0.2) is 80.5 Å². The molecule has 1 aliphatic heterocycles. The minimum Gasteiger partial charge on any atom is -0.493 e. The van der Waals surface area contributed by atoms with Crippen LogP contribution in [0.1, 0.15) is 33.3 Å². The Morgan fingerprint density at radius 2 is 1.76 bits per heavy atom.